The Bertz CT molecular complexity index is 1380. The van der Waals surface area contributed by atoms with Crippen molar-refractivity contribution in [3.05, 3.63) is 50.8 Å². The molecule has 0 aliphatic carbocycles. The van der Waals surface area contributed by atoms with Gasteiger partial charge in [0.05, 0.1) is 24.2 Å². The van der Waals surface area contributed by atoms with Crippen molar-refractivity contribution < 1.29 is 63.9 Å². The fraction of sp³-hybridized carbons (Fsp3) is 0.500. The number of aromatic hydroxyl groups is 1. The third-order valence-corrected chi connectivity index (χ3v) is 6.88. The molecular formula is C24H26O14. The number of aliphatic hydroxyl groups is 6. The molecule has 14 nitrogen and oxygen atoms in total. The smallest absolute Gasteiger partial charge is 0.378 e. The maximum atomic E-state index is 13.3. The second-order valence-electron chi connectivity index (χ2n) is 9.47. The van der Waals surface area contributed by atoms with Crippen LogP contribution in [0, 0.1) is 6.92 Å². The van der Waals surface area contributed by atoms with Crippen LogP contribution in [0.3, 0.4) is 0 Å². The molecule has 206 valence electrons. The van der Waals surface area contributed by atoms with E-state index in [1.807, 2.05) is 0 Å². The molecule has 4 heterocycles. The highest BCUT2D eigenvalue weighted by Gasteiger charge is 2.54. The molecule has 1 aromatic carbocycles. The number of benzene rings is 1. The van der Waals surface area contributed by atoms with Crippen LogP contribution in [0.4, 0.5) is 0 Å². The molecule has 38 heavy (non-hydrogen) atoms. The number of phenolic OH excluding ortho intramolecular Hbond substituents is 1. The minimum Gasteiger partial charge on any atom is -0.507 e. The minimum absolute atomic E-state index is 0.0198. The third-order valence-electron chi connectivity index (χ3n) is 6.88. The van der Waals surface area contributed by atoms with E-state index in [1.165, 1.54) is 19.9 Å². The van der Waals surface area contributed by atoms with Crippen LogP contribution in [-0.2, 0) is 29.5 Å². The Balaban J connectivity index is 1.63. The number of aliphatic hydroxyl groups excluding tert-OH is 6. The van der Waals surface area contributed by atoms with E-state index >= 15 is 0 Å². The Labute approximate surface area is 213 Å². The van der Waals surface area contributed by atoms with Gasteiger partial charge in [0, 0.05) is 13.0 Å². The predicted molar refractivity (Wildman–Crippen MR) is 121 cm³/mol. The average Bonchev–Trinajstić information content (AvgIpc) is 3.38. The van der Waals surface area contributed by atoms with Gasteiger partial charge in [0.1, 0.15) is 48.0 Å². The van der Waals surface area contributed by atoms with Crippen LogP contribution in [0.2, 0.25) is 0 Å². The van der Waals surface area contributed by atoms with Gasteiger partial charge in [-0.25, -0.2) is 4.79 Å². The molecule has 0 radical (unpaired) electrons. The van der Waals surface area contributed by atoms with Crippen LogP contribution in [0.1, 0.15) is 29.9 Å². The molecule has 0 saturated carbocycles. The van der Waals surface area contributed by atoms with Crippen molar-refractivity contribution >= 4 is 16.9 Å². The minimum atomic E-state index is -1.93. The fourth-order valence-electron chi connectivity index (χ4n) is 4.89. The Hall–Kier alpha value is -3.24. The van der Waals surface area contributed by atoms with Crippen molar-refractivity contribution in [2.75, 3.05) is 13.2 Å². The fourth-order valence-corrected chi connectivity index (χ4v) is 4.89. The molecule has 1 fully saturated rings. The summed E-state index contributed by atoms with van der Waals surface area (Å²) in [4.78, 5) is 25.5. The molecular weight excluding hydrogens is 512 g/mol. The van der Waals surface area contributed by atoms with E-state index in [1.54, 1.807) is 0 Å². The van der Waals surface area contributed by atoms with Crippen LogP contribution < -0.4 is 5.43 Å². The van der Waals surface area contributed by atoms with Crippen LogP contribution in [0.5, 0.6) is 5.75 Å². The van der Waals surface area contributed by atoms with E-state index in [-0.39, 0.29) is 28.1 Å². The first-order valence-electron chi connectivity index (χ1n) is 11.6. The molecule has 7 N–H and O–H groups in total. The molecule has 5 rings (SSSR count). The van der Waals surface area contributed by atoms with Gasteiger partial charge in [-0.2, -0.15) is 0 Å². The highest BCUT2D eigenvalue weighted by Crippen LogP contribution is 2.46. The molecule has 3 aliphatic heterocycles. The van der Waals surface area contributed by atoms with Gasteiger partial charge >= 0.3 is 11.8 Å². The Morgan fingerprint density at radius 1 is 1.05 bits per heavy atom. The highest BCUT2D eigenvalue weighted by atomic mass is 16.8. The van der Waals surface area contributed by atoms with Gasteiger partial charge in [-0.3, -0.25) is 4.79 Å². The topological polar surface area (TPSA) is 226 Å². The average molecular weight is 538 g/mol. The monoisotopic (exact) mass is 538 g/mol. The molecule has 0 bridgehead atoms. The number of esters is 1. The first-order chi connectivity index (χ1) is 17.9. The lowest BCUT2D eigenvalue weighted by Crippen LogP contribution is -2.55. The summed E-state index contributed by atoms with van der Waals surface area (Å²) in [6.07, 6.45) is -11.0. The Kier molecular flexibility index (Phi) is 6.38. The summed E-state index contributed by atoms with van der Waals surface area (Å²) in [5.74, 6) is -4.28. The van der Waals surface area contributed by atoms with Gasteiger partial charge in [-0.05, 0) is 18.6 Å². The maximum absolute atomic E-state index is 13.3. The summed E-state index contributed by atoms with van der Waals surface area (Å²) in [5.41, 5.74) is -0.861. The third kappa shape index (κ3) is 3.84. The maximum Gasteiger partial charge on any atom is 0.378 e. The normalized spacial score (nSPS) is 33.6. The number of ether oxygens (including phenoxy) is 4. The SMILES string of the molecule is Cc1cc(O)c(C2O[C@H](CO)[C@@H](O)[C@H](O)[C@H]2O)c2oc(C3(C)OC4=C(O3)C(C(O)CO)OC4=O)cc(=O)c12. The van der Waals surface area contributed by atoms with Crippen LogP contribution in [-0.4, -0.2) is 91.6 Å². The summed E-state index contributed by atoms with van der Waals surface area (Å²) in [6.45, 7) is 1.36. The molecule has 8 atom stereocenters. The van der Waals surface area contributed by atoms with Crippen LogP contribution in [0.25, 0.3) is 11.0 Å². The number of carbonyl (C=O) groups excluding carboxylic acids is 1. The molecule has 14 heteroatoms. The molecule has 1 aromatic heterocycles. The second-order valence-corrected chi connectivity index (χ2v) is 9.47. The van der Waals surface area contributed by atoms with E-state index in [4.69, 9.17) is 23.4 Å². The highest BCUT2D eigenvalue weighted by molar-refractivity contribution is 5.90. The van der Waals surface area contributed by atoms with Crippen molar-refractivity contribution in [1.82, 2.24) is 0 Å². The zero-order valence-electron chi connectivity index (χ0n) is 20.1. The van der Waals surface area contributed by atoms with Crippen molar-refractivity contribution in [2.24, 2.45) is 0 Å². The van der Waals surface area contributed by atoms with Gasteiger partial charge in [-0.1, -0.05) is 0 Å². The summed E-state index contributed by atoms with van der Waals surface area (Å²) in [7, 11) is 0. The summed E-state index contributed by atoms with van der Waals surface area (Å²) in [5, 5.41) is 70.8. The number of cyclic esters (lactones) is 1. The number of carbonyl (C=O) groups is 1. The van der Waals surface area contributed by atoms with Gasteiger partial charge in [0.15, 0.2) is 23.1 Å². The number of aryl methyl sites for hydroxylation is 1. The Morgan fingerprint density at radius 3 is 2.42 bits per heavy atom. The summed E-state index contributed by atoms with van der Waals surface area (Å²) >= 11 is 0. The zero-order chi connectivity index (χ0) is 27.7. The zero-order valence-corrected chi connectivity index (χ0v) is 20.1. The molecule has 4 unspecified atom stereocenters. The van der Waals surface area contributed by atoms with Crippen LogP contribution in [0.15, 0.2) is 32.9 Å². The largest absolute Gasteiger partial charge is 0.507 e. The first kappa shape index (κ1) is 26.4. The standard InChI is InChI=1S/C24H26O14/c1-7-3-8(27)14(20-17(32)16(31)15(30)11(6-26)34-20)19-13(7)9(28)4-12(35-19)24(2)37-21-18(10(29)5-25)36-23(33)22(21)38-24/h3-4,10-11,15-18,20,25-27,29-32H,5-6H2,1-2H3/t10?,11-,15-,16+,17-,18?,20?,24?/m1/s1. The number of fused-ring (bicyclic) bond motifs is 1. The van der Waals surface area contributed by atoms with Gasteiger partial charge in [0.25, 0.3) is 5.76 Å². The molecule has 0 spiro atoms. The van der Waals surface area contributed by atoms with Gasteiger partial charge in [-0.15, -0.1) is 0 Å². The van der Waals surface area contributed by atoms with Crippen molar-refractivity contribution in [1.29, 1.82) is 0 Å². The lowest BCUT2D eigenvalue weighted by Gasteiger charge is -2.40. The van der Waals surface area contributed by atoms with Gasteiger partial charge in [0.2, 0.25) is 0 Å². The lowest BCUT2D eigenvalue weighted by atomic mass is 9.89. The predicted octanol–water partition coefficient (Wildman–Crippen LogP) is -1.97. The second kappa shape index (κ2) is 9.20. The number of hydrogen-bond acceptors (Lipinski definition) is 14. The molecule has 0 amide bonds. The van der Waals surface area contributed by atoms with E-state index in [2.05, 4.69) is 0 Å². The first-order valence-corrected chi connectivity index (χ1v) is 11.6. The van der Waals surface area contributed by atoms with E-state index in [0.717, 1.165) is 6.07 Å². The summed E-state index contributed by atoms with van der Waals surface area (Å²) < 4.78 is 27.9. The molecule has 1 saturated heterocycles. The van der Waals surface area contributed by atoms with E-state index in [0.29, 0.717) is 5.56 Å². The Morgan fingerprint density at radius 2 is 1.76 bits per heavy atom. The number of phenols is 1. The van der Waals surface area contributed by atoms with E-state index in [9.17, 15) is 45.3 Å². The van der Waals surface area contributed by atoms with Crippen LogP contribution >= 0.6 is 0 Å². The van der Waals surface area contributed by atoms with Crippen molar-refractivity contribution in [3.8, 4) is 5.75 Å². The van der Waals surface area contributed by atoms with Gasteiger partial charge < -0.3 is 59.1 Å². The molecule has 2 aromatic rings. The quantitative estimate of drug-likeness (QED) is 0.205. The molecule has 3 aliphatic rings. The van der Waals surface area contributed by atoms with E-state index < -0.39 is 84.6 Å². The number of rotatable bonds is 5. The lowest BCUT2D eigenvalue weighted by molar-refractivity contribution is -0.231. The van der Waals surface area contributed by atoms with Crippen molar-refractivity contribution in [2.45, 2.75) is 62.4 Å². The summed E-state index contributed by atoms with van der Waals surface area (Å²) in [6, 6.07) is 2.27. The number of hydrogen-bond donors (Lipinski definition) is 7. The van der Waals surface area contributed by atoms with Crippen molar-refractivity contribution in [3.63, 3.8) is 0 Å².